The molecule has 1 N–H and O–H groups in total. The Kier molecular flexibility index (Phi) is 2.74. The van der Waals surface area contributed by atoms with Crippen LogP contribution in [0.4, 0.5) is 0 Å². The van der Waals surface area contributed by atoms with Gasteiger partial charge in [0, 0.05) is 6.20 Å². The largest absolute Gasteiger partial charge is 0.444 e. The molecule has 0 bridgehead atoms. The fourth-order valence-electron chi connectivity index (χ4n) is 2.06. The summed E-state index contributed by atoms with van der Waals surface area (Å²) in [5.74, 6) is 1.49. The lowest BCUT2D eigenvalue weighted by Crippen LogP contribution is -2.01. The highest BCUT2D eigenvalue weighted by Gasteiger charge is 2.11. The van der Waals surface area contributed by atoms with E-state index in [1.807, 2.05) is 31.4 Å². The molecule has 3 aromatic heterocycles. The Bertz CT molecular complexity index is 792. The molecule has 3 heterocycles. The van der Waals surface area contributed by atoms with E-state index in [4.69, 9.17) is 16.6 Å². The van der Waals surface area contributed by atoms with Crippen molar-refractivity contribution in [1.82, 2.24) is 19.5 Å². The molecule has 0 aliphatic rings. The van der Waals surface area contributed by atoms with Crippen LogP contribution in [0.2, 0.25) is 0 Å². The molecule has 0 fully saturated rings. The molecule has 3 rings (SSSR count). The molecule has 0 spiro atoms. The number of fused-ring (bicyclic) bond motifs is 1. The van der Waals surface area contributed by atoms with Crippen molar-refractivity contribution >= 4 is 23.4 Å². The van der Waals surface area contributed by atoms with Gasteiger partial charge in [-0.2, -0.15) is 0 Å². The number of aromatic amines is 1. The summed E-state index contributed by atoms with van der Waals surface area (Å²) in [7, 11) is 0. The average molecular weight is 274 g/mol. The molecule has 0 atom stereocenters. The second-order valence-electron chi connectivity index (χ2n) is 4.59. The number of rotatable bonds is 2. The van der Waals surface area contributed by atoms with Crippen molar-refractivity contribution in [3.63, 3.8) is 0 Å². The van der Waals surface area contributed by atoms with E-state index in [9.17, 15) is 0 Å². The van der Waals surface area contributed by atoms with Gasteiger partial charge in [0.2, 0.25) is 5.89 Å². The number of oxazole rings is 1. The van der Waals surface area contributed by atoms with Crippen molar-refractivity contribution in [3.8, 4) is 0 Å². The van der Waals surface area contributed by atoms with Crippen LogP contribution in [0.5, 0.6) is 0 Å². The van der Waals surface area contributed by atoms with Gasteiger partial charge in [-0.15, -0.1) is 0 Å². The first-order valence-electron chi connectivity index (χ1n) is 6.03. The van der Waals surface area contributed by atoms with Crippen LogP contribution < -0.4 is 0 Å². The summed E-state index contributed by atoms with van der Waals surface area (Å²) in [4.78, 5) is 11.9. The molecule has 6 heteroatoms. The van der Waals surface area contributed by atoms with Gasteiger partial charge >= 0.3 is 0 Å². The van der Waals surface area contributed by atoms with Gasteiger partial charge in [-0.3, -0.25) is 4.57 Å². The maximum absolute atomic E-state index is 5.60. The van der Waals surface area contributed by atoms with Crippen LogP contribution in [-0.2, 0) is 6.54 Å². The maximum Gasteiger partial charge on any atom is 0.214 e. The number of aryl methyl sites for hydroxylation is 3. The number of aromatic nitrogens is 4. The van der Waals surface area contributed by atoms with Gasteiger partial charge in [0.25, 0.3) is 0 Å². The Balaban J connectivity index is 2.13. The van der Waals surface area contributed by atoms with Gasteiger partial charge < -0.3 is 9.40 Å². The van der Waals surface area contributed by atoms with Crippen molar-refractivity contribution in [2.24, 2.45) is 0 Å². The Hall–Kier alpha value is -1.95. The smallest absolute Gasteiger partial charge is 0.214 e. The predicted octanol–water partition coefficient (Wildman–Crippen LogP) is 3.06. The van der Waals surface area contributed by atoms with E-state index < -0.39 is 0 Å². The predicted molar refractivity (Wildman–Crippen MR) is 74.7 cm³/mol. The summed E-state index contributed by atoms with van der Waals surface area (Å²) in [5.41, 5.74) is 3.83. The van der Waals surface area contributed by atoms with E-state index >= 15 is 0 Å². The quantitative estimate of drug-likeness (QED) is 0.730. The zero-order chi connectivity index (χ0) is 13.6. The number of pyridine rings is 1. The van der Waals surface area contributed by atoms with Crippen LogP contribution in [0.1, 0.15) is 22.9 Å². The Morgan fingerprint density at radius 2 is 2.16 bits per heavy atom. The van der Waals surface area contributed by atoms with E-state index in [2.05, 4.69) is 15.0 Å². The fourth-order valence-corrected chi connectivity index (χ4v) is 2.32. The highest BCUT2D eigenvalue weighted by molar-refractivity contribution is 7.71. The van der Waals surface area contributed by atoms with Crippen LogP contribution in [0.25, 0.3) is 11.2 Å². The van der Waals surface area contributed by atoms with E-state index in [0.717, 1.165) is 28.2 Å². The van der Waals surface area contributed by atoms with Crippen LogP contribution >= 0.6 is 12.2 Å². The molecule has 5 nitrogen and oxygen atoms in total. The second-order valence-corrected chi connectivity index (χ2v) is 4.98. The minimum absolute atomic E-state index is 0.490. The molecule has 0 radical (unpaired) electrons. The van der Waals surface area contributed by atoms with Gasteiger partial charge in [0.1, 0.15) is 12.3 Å². The van der Waals surface area contributed by atoms with Crippen LogP contribution in [0, 0.1) is 25.5 Å². The molecule has 0 aliphatic carbocycles. The molecule has 0 aliphatic heterocycles. The van der Waals surface area contributed by atoms with Crippen molar-refractivity contribution in [2.75, 3.05) is 0 Å². The summed E-state index contributed by atoms with van der Waals surface area (Å²) < 4.78 is 8.14. The number of hydrogen-bond acceptors (Lipinski definition) is 4. The third-order valence-electron chi connectivity index (χ3n) is 3.24. The fraction of sp³-hybridized carbons (Fsp3) is 0.308. The van der Waals surface area contributed by atoms with E-state index in [1.54, 1.807) is 6.20 Å². The van der Waals surface area contributed by atoms with Crippen molar-refractivity contribution in [2.45, 2.75) is 27.3 Å². The summed E-state index contributed by atoms with van der Waals surface area (Å²) in [6.07, 6.45) is 1.78. The lowest BCUT2D eigenvalue weighted by molar-refractivity contribution is 0.458. The van der Waals surface area contributed by atoms with E-state index in [0.29, 0.717) is 17.2 Å². The molecular weight excluding hydrogens is 260 g/mol. The van der Waals surface area contributed by atoms with Crippen LogP contribution in [0.3, 0.4) is 0 Å². The third kappa shape index (κ3) is 1.98. The minimum atomic E-state index is 0.490. The number of imidazole rings is 1. The van der Waals surface area contributed by atoms with Gasteiger partial charge in [-0.05, 0) is 44.6 Å². The number of H-pyrrole nitrogens is 1. The second kappa shape index (κ2) is 4.31. The van der Waals surface area contributed by atoms with Gasteiger partial charge in [0.05, 0.1) is 11.2 Å². The standard InChI is InChI=1S/C13H14N4OS/c1-7-4-5-14-12-11(7)16-13(19)17(12)6-10-15-8(2)9(3)18-10/h4-5H,6H2,1-3H3,(H,16,19). The number of hydrogen-bond donors (Lipinski definition) is 1. The van der Waals surface area contributed by atoms with Gasteiger partial charge in [-0.25, -0.2) is 9.97 Å². The lowest BCUT2D eigenvalue weighted by atomic mass is 10.3. The molecule has 0 saturated heterocycles. The first-order chi connectivity index (χ1) is 9.06. The number of nitrogens with one attached hydrogen (secondary N) is 1. The molecule has 0 saturated carbocycles. The number of nitrogens with zero attached hydrogens (tertiary/aromatic N) is 3. The SMILES string of the molecule is Cc1nc(Cn2c(=S)[nH]c3c(C)ccnc32)oc1C. The normalized spacial score (nSPS) is 11.3. The zero-order valence-electron chi connectivity index (χ0n) is 11.0. The lowest BCUT2D eigenvalue weighted by Gasteiger charge is -2.00. The monoisotopic (exact) mass is 274 g/mol. The van der Waals surface area contributed by atoms with E-state index in [1.165, 1.54) is 0 Å². The Labute approximate surface area is 115 Å². The molecule has 19 heavy (non-hydrogen) atoms. The third-order valence-corrected chi connectivity index (χ3v) is 3.56. The summed E-state index contributed by atoms with van der Waals surface area (Å²) in [6, 6.07) is 1.96. The highest BCUT2D eigenvalue weighted by atomic mass is 32.1. The van der Waals surface area contributed by atoms with Crippen LogP contribution in [-0.4, -0.2) is 19.5 Å². The van der Waals surface area contributed by atoms with Gasteiger partial charge in [0.15, 0.2) is 10.4 Å². The molecular formula is C13H14N4OS. The minimum Gasteiger partial charge on any atom is -0.444 e. The topological polar surface area (TPSA) is 59.6 Å². The van der Waals surface area contributed by atoms with Crippen LogP contribution in [0.15, 0.2) is 16.7 Å². The summed E-state index contributed by atoms with van der Waals surface area (Å²) in [6.45, 7) is 6.35. The maximum atomic E-state index is 5.60. The average Bonchev–Trinajstić information content (AvgIpc) is 2.84. The molecule has 0 aromatic carbocycles. The first-order valence-corrected chi connectivity index (χ1v) is 6.44. The van der Waals surface area contributed by atoms with Gasteiger partial charge in [-0.1, -0.05) is 0 Å². The highest BCUT2D eigenvalue weighted by Crippen LogP contribution is 2.17. The molecule has 0 amide bonds. The molecule has 0 unspecified atom stereocenters. The van der Waals surface area contributed by atoms with E-state index in [-0.39, 0.29) is 0 Å². The Morgan fingerprint density at radius 1 is 1.37 bits per heavy atom. The first kappa shape index (κ1) is 12.1. The van der Waals surface area contributed by atoms with Crippen molar-refractivity contribution in [3.05, 3.63) is 39.9 Å². The van der Waals surface area contributed by atoms with Crippen molar-refractivity contribution in [1.29, 1.82) is 0 Å². The zero-order valence-corrected chi connectivity index (χ0v) is 11.8. The molecule has 3 aromatic rings. The van der Waals surface area contributed by atoms with Crippen molar-refractivity contribution < 1.29 is 4.42 Å². The summed E-state index contributed by atoms with van der Waals surface area (Å²) >= 11 is 5.35. The summed E-state index contributed by atoms with van der Waals surface area (Å²) in [5, 5.41) is 0. The molecule has 98 valence electrons. The Morgan fingerprint density at radius 3 is 2.84 bits per heavy atom.